The number of anilines is 2. The molecule has 0 unspecified atom stereocenters. The molecule has 2 heterocycles. The summed E-state index contributed by atoms with van der Waals surface area (Å²) in [5.41, 5.74) is 8.43. The summed E-state index contributed by atoms with van der Waals surface area (Å²) < 4.78 is 1.32. The molecule has 0 aliphatic carbocycles. The number of carbonyl (C=O) groups excluding carboxylic acids is 1. The van der Waals surface area contributed by atoms with Gasteiger partial charge in [-0.15, -0.1) is 0 Å². The van der Waals surface area contributed by atoms with E-state index in [4.69, 9.17) is 5.73 Å². The number of benzene rings is 3. The van der Waals surface area contributed by atoms with E-state index in [1.807, 2.05) is 84.9 Å². The lowest BCUT2D eigenvalue weighted by molar-refractivity contribution is 0.1000. The average Bonchev–Trinajstić information content (AvgIpc) is 3.32. The lowest BCUT2D eigenvalue weighted by Crippen LogP contribution is -2.40. The Morgan fingerprint density at radius 1 is 0.861 bits per heavy atom. The highest BCUT2D eigenvalue weighted by molar-refractivity contribution is 6.09. The lowest BCUT2D eigenvalue weighted by atomic mass is 10.1. The van der Waals surface area contributed by atoms with Crippen molar-refractivity contribution >= 4 is 28.2 Å². The Labute approximate surface area is 206 Å². The molecule has 0 amide bonds. The van der Waals surface area contributed by atoms with Crippen LogP contribution in [0.4, 0.5) is 11.5 Å². The standard InChI is InChI=1S/C28H25N5O3/c29-26-25(27(35)31-28(36)33(26)17-20-11-5-2-6-12-20)32(16-19-9-3-1-4-10-19)18-24(34)22-15-30-23-14-8-7-13-21(22)23/h1-15,30H,16-18,29H2,(H,31,35,36). The Hall–Kier alpha value is -4.85. The first-order chi connectivity index (χ1) is 17.5. The molecule has 0 fully saturated rings. The summed E-state index contributed by atoms with van der Waals surface area (Å²) in [6.07, 6.45) is 1.68. The minimum absolute atomic E-state index is 0.00950. The number of hydrogen-bond acceptors (Lipinski definition) is 5. The Bertz CT molecular complexity index is 1640. The van der Waals surface area contributed by atoms with E-state index >= 15 is 0 Å². The summed E-state index contributed by atoms with van der Waals surface area (Å²) in [4.78, 5) is 46.4. The number of rotatable bonds is 8. The van der Waals surface area contributed by atoms with Gasteiger partial charge in [0.2, 0.25) is 0 Å². The van der Waals surface area contributed by atoms with Crippen molar-refractivity contribution in [3.63, 3.8) is 0 Å². The van der Waals surface area contributed by atoms with Crippen molar-refractivity contribution in [2.45, 2.75) is 13.1 Å². The van der Waals surface area contributed by atoms with Crippen LogP contribution in [-0.4, -0.2) is 26.9 Å². The third-order valence-electron chi connectivity index (χ3n) is 6.15. The van der Waals surface area contributed by atoms with Crippen molar-refractivity contribution < 1.29 is 4.79 Å². The first-order valence-electron chi connectivity index (χ1n) is 11.6. The Kier molecular flexibility index (Phi) is 6.23. The van der Waals surface area contributed by atoms with Gasteiger partial charge in [-0.2, -0.15) is 0 Å². The predicted octanol–water partition coefficient (Wildman–Crippen LogP) is 3.54. The molecule has 0 bridgehead atoms. The van der Waals surface area contributed by atoms with Crippen LogP contribution < -0.4 is 21.9 Å². The molecule has 3 aromatic carbocycles. The van der Waals surface area contributed by atoms with E-state index in [1.54, 1.807) is 11.1 Å². The van der Waals surface area contributed by atoms with Crippen molar-refractivity contribution in [2.75, 3.05) is 17.2 Å². The van der Waals surface area contributed by atoms with E-state index in [-0.39, 0.29) is 36.9 Å². The quantitative estimate of drug-likeness (QED) is 0.294. The number of ketones is 1. The second-order valence-corrected chi connectivity index (χ2v) is 8.58. The molecule has 0 spiro atoms. The van der Waals surface area contributed by atoms with Gasteiger partial charge in [-0.1, -0.05) is 78.9 Å². The molecule has 0 saturated heterocycles. The zero-order chi connectivity index (χ0) is 25.1. The van der Waals surface area contributed by atoms with Crippen LogP contribution in [0.3, 0.4) is 0 Å². The van der Waals surface area contributed by atoms with Gasteiger partial charge in [-0.05, 0) is 17.2 Å². The fraction of sp³-hybridized carbons (Fsp3) is 0.107. The Balaban J connectivity index is 1.57. The summed E-state index contributed by atoms with van der Waals surface area (Å²) in [5.74, 6) is -0.168. The average molecular weight is 480 g/mol. The second-order valence-electron chi connectivity index (χ2n) is 8.58. The topological polar surface area (TPSA) is 117 Å². The van der Waals surface area contributed by atoms with E-state index in [0.717, 1.165) is 22.0 Å². The molecule has 0 radical (unpaired) electrons. The van der Waals surface area contributed by atoms with Crippen LogP contribution in [0.1, 0.15) is 21.5 Å². The zero-order valence-corrected chi connectivity index (χ0v) is 19.5. The molecular weight excluding hydrogens is 454 g/mol. The number of aromatic nitrogens is 3. The molecule has 8 heteroatoms. The molecule has 5 aromatic rings. The minimum atomic E-state index is -0.635. The monoisotopic (exact) mass is 479 g/mol. The Morgan fingerprint density at radius 2 is 1.50 bits per heavy atom. The van der Waals surface area contributed by atoms with E-state index in [0.29, 0.717) is 5.56 Å². The highest BCUT2D eigenvalue weighted by Crippen LogP contribution is 2.23. The highest BCUT2D eigenvalue weighted by Gasteiger charge is 2.23. The first kappa shape index (κ1) is 22.9. The normalized spacial score (nSPS) is 11.0. The van der Waals surface area contributed by atoms with Crippen LogP contribution in [0.25, 0.3) is 10.9 Å². The van der Waals surface area contributed by atoms with Gasteiger partial charge in [0.25, 0.3) is 5.56 Å². The molecular formula is C28H25N5O3. The second kappa shape index (κ2) is 9.79. The zero-order valence-electron chi connectivity index (χ0n) is 19.5. The van der Waals surface area contributed by atoms with Gasteiger partial charge in [-0.3, -0.25) is 19.1 Å². The molecule has 4 N–H and O–H groups in total. The molecule has 0 saturated carbocycles. The number of aromatic amines is 2. The van der Waals surface area contributed by atoms with Crippen LogP contribution in [-0.2, 0) is 13.1 Å². The smallest absolute Gasteiger partial charge is 0.330 e. The van der Waals surface area contributed by atoms with Crippen molar-refractivity contribution in [1.82, 2.24) is 14.5 Å². The number of carbonyl (C=O) groups is 1. The van der Waals surface area contributed by atoms with Crippen LogP contribution in [0.5, 0.6) is 0 Å². The van der Waals surface area contributed by atoms with Gasteiger partial charge >= 0.3 is 5.69 Å². The molecule has 36 heavy (non-hydrogen) atoms. The van der Waals surface area contributed by atoms with Crippen LogP contribution in [0, 0.1) is 0 Å². The number of nitrogens with one attached hydrogen (secondary N) is 2. The minimum Gasteiger partial charge on any atom is -0.383 e. The van der Waals surface area contributed by atoms with E-state index in [9.17, 15) is 14.4 Å². The number of nitrogen functional groups attached to an aromatic ring is 1. The lowest BCUT2D eigenvalue weighted by Gasteiger charge is -2.26. The molecule has 8 nitrogen and oxygen atoms in total. The molecule has 180 valence electrons. The highest BCUT2D eigenvalue weighted by atomic mass is 16.2. The predicted molar refractivity (Wildman–Crippen MR) is 141 cm³/mol. The van der Waals surface area contributed by atoms with Gasteiger partial charge in [0.05, 0.1) is 13.1 Å². The maximum atomic E-state index is 13.5. The summed E-state index contributed by atoms with van der Waals surface area (Å²) in [5, 5.41) is 0.804. The number of nitrogens with zero attached hydrogens (tertiary/aromatic N) is 2. The SMILES string of the molecule is Nc1c(N(CC(=O)c2c[nH]c3ccccc23)Cc2ccccc2)c(=O)[nH]c(=O)n1Cc1ccccc1. The molecule has 0 atom stereocenters. The van der Waals surface area contributed by atoms with E-state index in [1.165, 1.54) is 4.57 Å². The molecule has 2 aromatic heterocycles. The van der Waals surface area contributed by atoms with Crippen molar-refractivity contribution in [3.05, 3.63) is 129 Å². The van der Waals surface area contributed by atoms with Gasteiger partial charge in [-0.25, -0.2) is 4.79 Å². The number of nitrogens with two attached hydrogens (primary N) is 1. The number of fused-ring (bicyclic) bond motifs is 1. The van der Waals surface area contributed by atoms with Crippen LogP contribution in [0.2, 0.25) is 0 Å². The fourth-order valence-corrected chi connectivity index (χ4v) is 4.38. The maximum absolute atomic E-state index is 13.5. The van der Waals surface area contributed by atoms with E-state index in [2.05, 4.69) is 9.97 Å². The number of hydrogen-bond donors (Lipinski definition) is 3. The van der Waals surface area contributed by atoms with Crippen molar-refractivity contribution in [1.29, 1.82) is 0 Å². The summed E-state index contributed by atoms with van der Waals surface area (Å²) in [6.45, 7) is 0.337. The van der Waals surface area contributed by atoms with Crippen molar-refractivity contribution in [2.24, 2.45) is 0 Å². The van der Waals surface area contributed by atoms with Crippen molar-refractivity contribution in [3.8, 4) is 0 Å². The maximum Gasteiger partial charge on any atom is 0.330 e. The van der Waals surface area contributed by atoms with E-state index < -0.39 is 11.2 Å². The molecule has 0 aliphatic rings. The summed E-state index contributed by atoms with van der Waals surface area (Å²) in [6, 6.07) is 26.4. The van der Waals surface area contributed by atoms with Crippen LogP contribution >= 0.6 is 0 Å². The van der Waals surface area contributed by atoms with Gasteiger partial charge in [0.15, 0.2) is 5.78 Å². The third kappa shape index (κ3) is 4.56. The fourth-order valence-electron chi connectivity index (χ4n) is 4.38. The van der Waals surface area contributed by atoms with Gasteiger partial charge < -0.3 is 15.6 Å². The number of H-pyrrole nitrogens is 2. The number of para-hydroxylation sites is 1. The summed E-state index contributed by atoms with van der Waals surface area (Å²) >= 11 is 0. The Morgan fingerprint density at radius 3 is 2.22 bits per heavy atom. The summed E-state index contributed by atoms with van der Waals surface area (Å²) in [7, 11) is 0. The van der Waals surface area contributed by atoms with Gasteiger partial charge in [0.1, 0.15) is 11.5 Å². The molecule has 0 aliphatic heterocycles. The van der Waals surface area contributed by atoms with Crippen LogP contribution in [0.15, 0.2) is 101 Å². The first-order valence-corrected chi connectivity index (χ1v) is 11.6. The number of Topliss-reactive ketones (excluding diaryl/α,β-unsaturated/α-hetero) is 1. The third-order valence-corrected chi connectivity index (χ3v) is 6.15. The largest absolute Gasteiger partial charge is 0.383 e. The molecule has 5 rings (SSSR count). The van der Waals surface area contributed by atoms with Gasteiger partial charge in [0, 0.05) is 29.2 Å².